The topological polar surface area (TPSA) is 63.1 Å². The predicted molar refractivity (Wildman–Crippen MR) is 91.8 cm³/mol. The Morgan fingerprint density at radius 3 is 3.13 bits per heavy atom. The molecule has 1 amide bonds. The second-order valence-corrected chi connectivity index (χ2v) is 6.84. The van der Waals surface area contributed by atoms with Crippen LogP contribution in [0.2, 0.25) is 0 Å². The lowest BCUT2D eigenvalue weighted by Gasteiger charge is -2.33. The maximum absolute atomic E-state index is 12.2. The molecule has 2 aromatic rings. The first kappa shape index (κ1) is 16.1. The van der Waals surface area contributed by atoms with Crippen LogP contribution in [0.1, 0.15) is 37.3 Å². The molecule has 23 heavy (non-hydrogen) atoms. The minimum Gasteiger partial charge on any atom is -0.331 e. The first-order valence-electron chi connectivity index (χ1n) is 8.11. The van der Waals surface area contributed by atoms with Crippen molar-refractivity contribution in [3.63, 3.8) is 0 Å². The summed E-state index contributed by atoms with van der Waals surface area (Å²) < 4.78 is 2.27. The van der Waals surface area contributed by atoms with Gasteiger partial charge in [-0.15, -0.1) is 11.3 Å². The summed E-state index contributed by atoms with van der Waals surface area (Å²) in [5.74, 6) is 1.14. The number of rotatable bonds is 5. The van der Waals surface area contributed by atoms with E-state index in [2.05, 4.69) is 37.9 Å². The summed E-state index contributed by atoms with van der Waals surface area (Å²) in [6, 6.07) is 0.413. The number of aryl methyl sites for hydroxylation is 2. The van der Waals surface area contributed by atoms with Gasteiger partial charge < -0.3 is 9.88 Å². The largest absolute Gasteiger partial charge is 0.331 e. The van der Waals surface area contributed by atoms with Crippen LogP contribution in [0.25, 0.3) is 0 Å². The number of imidazole rings is 1. The van der Waals surface area contributed by atoms with Gasteiger partial charge in [-0.05, 0) is 26.3 Å². The Bertz CT molecular complexity index is 665. The maximum Gasteiger partial charge on any atom is 0.240 e. The highest BCUT2D eigenvalue weighted by atomic mass is 32.1. The predicted octanol–water partition coefficient (Wildman–Crippen LogP) is 2.49. The number of piperidine rings is 1. The molecule has 0 bridgehead atoms. The summed E-state index contributed by atoms with van der Waals surface area (Å²) in [5.41, 5.74) is 0.940. The normalized spacial score (nSPS) is 19.0. The van der Waals surface area contributed by atoms with Crippen molar-refractivity contribution in [2.75, 3.05) is 25.0 Å². The van der Waals surface area contributed by atoms with Gasteiger partial charge in [-0.2, -0.15) is 0 Å². The molecule has 1 unspecified atom stereocenters. The van der Waals surface area contributed by atoms with Crippen molar-refractivity contribution in [1.29, 1.82) is 0 Å². The van der Waals surface area contributed by atoms with Crippen molar-refractivity contribution in [1.82, 2.24) is 19.4 Å². The van der Waals surface area contributed by atoms with Crippen LogP contribution in [0.15, 0.2) is 17.8 Å². The van der Waals surface area contributed by atoms with Gasteiger partial charge in [-0.25, -0.2) is 9.97 Å². The molecule has 0 spiro atoms. The molecule has 0 aromatic carbocycles. The van der Waals surface area contributed by atoms with E-state index in [0.717, 1.165) is 43.9 Å². The zero-order valence-electron chi connectivity index (χ0n) is 13.7. The van der Waals surface area contributed by atoms with Crippen molar-refractivity contribution in [3.05, 3.63) is 29.3 Å². The van der Waals surface area contributed by atoms with Crippen LogP contribution in [0.4, 0.5) is 5.13 Å². The zero-order valence-corrected chi connectivity index (χ0v) is 14.5. The number of thiazole rings is 1. The Morgan fingerprint density at radius 1 is 1.52 bits per heavy atom. The summed E-state index contributed by atoms with van der Waals surface area (Å²) in [5, 5.41) is 5.52. The second-order valence-electron chi connectivity index (χ2n) is 5.98. The van der Waals surface area contributed by atoms with Gasteiger partial charge in [0, 0.05) is 36.8 Å². The van der Waals surface area contributed by atoms with Crippen LogP contribution in [-0.4, -0.2) is 45.0 Å². The van der Waals surface area contributed by atoms with Crippen molar-refractivity contribution >= 4 is 22.4 Å². The average Bonchev–Trinajstić information content (AvgIpc) is 3.16. The van der Waals surface area contributed by atoms with Crippen LogP contribution in [0.3, 0.4) is 0 Å². The molecule has 6 nitrogen and oxygen atoms in total. The summed E-state index contributed by atoms with van der Waals surface area (Å²) in [7, 11) is 0. The molecule has 1 aliphatic rings. The number of nitrogens with zero attached hydrogens (tertiary/aromatic N) is 4. The standard InChI is InChI=1S/C16H23N5OS/c1-3-14-17-6-8-21(14)13-5-4-7-20(9-13)10-15(22)19-16-18-12(2)11-23-16/h6,8,11,13H,3-5,7,9-10H2,1-2H3,(H,18,19,22). The number of carbonyl (C=O) groups excluding carboxylic acids is 1. The monoisotopic (exact) mass is 333 g/mol. The molecule has 7 heteroatoms. The fraction of sp³-hybridized carbons (Fsp3) is 0.562. The quantitative estimate of drug-likeness (QED) is 0.913. The highest BCUT2D eigenvalue weighted by Gasteiger charge is 2.24. The van der Waals surface area contributed by atoms with E-state index in [1.54, 1.807) is 0 Å². The Hall–Kier alpha value is -1.73. The van der Waals surface area contributed by atoms with E-state index in [1.165, 1.54) is 11.3 Å². The molecule has 0 aliphatic carbocycles. The van der Waals surface area contributed by atoms with Gasteiger partial charge in [-0.3, -0.25) is 9.69 Å². The molecule has 1 atom stereocenters. The average molecular weight is 333 g/mol. The smallest absolute Gasteiger partial charge is 0.240 e. The number of aromatic nitrogens is 3. The second kappa shape index (κ2) is 7.23. The summed E-state index contributed by atoms with van der Waals surface area (Å²) in [6.07, 6.45) is 7.12. The van der Waals surface area contributed by atoms with E-state index >= 15 is 0 Å². The van der Waals surface area contributed by atoms with Gasteiger partial charge in [0.1, 0.15) is 5.82 Å². The highest BCUT2D eigenvalue weighted by Crippen LogP contribution is 2.23. The molecule has 3 heterocycles. The van der Waals surface area contributed by atoms with Crippen LogP contribution >= 0.6 is 11.3 Å². The number of carbonyl (C=O) groups is 1. The van der Waals surface area contributed by atoms with Gasteiger partial charge in [0.2, 0.25) is 5.91 Å². The lowest BCUT2D eigenvalue weighted by Crippen LogP contribution is -2.41. The van der Waals surface area contributed by atoms with Gasteiger partial charge in [0.15, 0.2) is 5.13 Å². The van der Waals surface area contributed by atoms with Crippen molar-refractivity contribution in [2.24, 2.45) is 0 Å². The van der Waals surface area contributed by atoms with Crippen molar-refractivity contribution in [3.8, 4) is 0 Å². The lowest BCUT2D eigenvalue weighted by atomic mass is 10.1. The van der Waals surface area contributed by atoms with Gasteiger partial charge >= 0.3 is 0 Å². The molecule has 1 aliphatic heterocycles. The first-order valence-corrected chi connectivity index (χ1v) is 8.99. The molecule has 0 saturated carbocycles. The highest BCUT2D eigenvalue weighted by molar-refractivity contribution is 7.13. The van der Waals surface area contributed by atoms with Crippen molar-refractivity contribution in [2.45, 2.75) is 39.2 Å². The number of likely N-dealkylation sites (tertiary alicyclic amines) is 1. The third-order valence-electron chi connectivity index (χ3n) is 4.17. The SMILES string of the molecule is CCc1nccn1C1CCCN(CC(=O)Nc2nc(C)cs2)C1. The van der Waals surface area contributed by atoms with E-state index in [9.17, 15) is 4.79 Å². The molecule has 3 rings (SSSR count). The van der Waals surface area contributed by atoms with Gasteiger partial charge in [0.05, 0.1) is 12.2 Å². The number of hydrogen-bond acceptors (Lipinski definition) is 5. The minimum absolute atomic E-state index is 0.0151. The Morgan fingerprint density at radius 2 is 2.39 bits per heavy atom. The lowest BCUT2D eigenvalue weighted by molar-refractivity contribution is -0.117. The zero-order chi connectivity index (χ0) is 16.2. The summed E-state index contributed by atoms with van der Waals surface area (Å²) in [6.45, 7) is 6.34. The van der Waals surface area contributed by atoms with Gasteiger partial charge in [-0.1, -0.05) is 6.92 Å². The number of amides is 1. The van der Waals surface area contributed by atoms with Crippen molar-refractivity contribution < 1.29 is 4.79 Å². The van der Waals surface area contributed by atoms with E-state index in [-0.39, 0.29) is 5.91 Å². The Balaban J connectivity index is 1.57. The van der Waals surface area contributed by atoms with Gasteiger partial charge in [0.25, 0.3) is 0 Å². The molecule has 0 radical (unpaired) electrons. The van der Waals surface area contributed by atoms with E-state index in [4.69, 9.17) is 0 Å². The Kier molecular flexibility index (Phi) is 5.07. The van der Waals surface area contributed by atoms with Crippen LogP contribution < -0.4 is 5.32 Å². The maximum atomic E-state index is 12.2. The summed E-state index contributed by atoms with van der Waals surface area (Å²) >= 11 is 1.47. The molecule has 2 aromatic heterocycles. The fourth-order valence-electron chi connectivity index (χ4n) is 3.13. The third kappa shape index (κ3) is 3.97. The molecule has 1 fully saturated rings. The van der Waals surface area contributed by atoms with Crippen LogP contribution in [0, 0.1) is 6.92 Å². The molecular weight excluding hydrogens is 310 g/mol. The fourth-order valence-corrected chi connectivity index (χ4v) is 3.83. The van der Waals surface area contributed by atoms with E-state index in [0.29, 0.717) is 17.7 Å². The molecule has 1 N–H and O–H groups in total. The number of nitrogens with one attached hydrogen (secondary N) is 1. The van der Waals surface area contributed by atoms with Crippen LogP contribution in [-0.2, 0) is 11.2 Å². The Labute approximate surface area is 140 Å². The van der Waals surface area contributed by atoms with E-state index in [1.807, 2.05) is 18.5 Å². The number of hydrogen-bond donors (Lipinski definition) is 1. The number of anilines is 1. The summed E-state index contributed by atoms with van der Waals surface area (Å²) in [4.78, 5) is 23.1. The van der Waals surface area contributed by atoms with Crippen LogP contribution in [0.5, 0.6) is 0 Å². The third-order valence-corrected chi connectivity index (χ3v) is 5.05. The molecule has 1 saturated heterocycles. The van der Waals surface area contributed by atoms with E-state index < -0.39 is 0 Å². The molecule has 124 valence electrons. The molecular formula is C16H23N5OS. The minimum atomic E-state index is 0.0151. The first-order chi connectivity index (χ1) is 11.2.